The maximum atomic E-state index is 13.3. The van der Waals surface area contributed by atoms with Crippen LogP contribution >= 0.6 is 34.8 Å². The van der Waals surface area contributed by atoms with E-state index < -0.39 is 5.66 Å². The number of anilines is 1. The van der Waals surface area contributed by atoms with Crippen molar-refractivity contribution in [1.29, 1.82) is 0 Å². The Bertz CT molecular complexity index is 980. The number of hydrogen-bond donors (Lipinski definition) is 2. The molecule has 0 aromatic heterocycles. The van der Waals surface area contributed by atoms with Crippen LogP contribution in [0.2, 0.25) is 15.1 Å². The summed E-state index contributed by atoms with van der Waals surface area (Å²) in [5, 5.41) is 4.72. The Morgan fingerprint density at radius 1 is 1.17 bits per heavy atom. The summed E-state index contributed by atoms with van der Waals surface area (Å²) in [6.07, 6.45) is 5.02. The molecule has 160 valence electrons. The molecule has 2 aliphatic heterocycles. The van der Waals surface area contributed by atoms with Crippen molar-refractivity contribution in [1.82, 2.24) is 10.2 Å². The van der Waals surface area contributed by atoms with Gasteiger partial charge in [-0.05, 0) is 55.9 Å². The van der Waals surface area contributed by atoms with E-state index in [1.54, 1.807) is 12.1 Å². The Morgan fingerprint density at radius 3 is 2.70 bits per heavy atom. The summed E-state index contributed by atoms with van der Waals surface area (Å²) in [6, 6.07) is 9.28. The van der Waals surface area contributed by atoms with E-state index in [1.165, 1.54) is 7.11 Å². The third kappa shape index (κ3) is 3.96. The van der Waals surface area contributed by atoms with Crippen molar-refractivity contribution in [3.63, 3.8) is 0 Å². The molecule has 0 aliphatic carbocycles. The highest BCUT2D eigenvalue weighted by Gasteiger charge is 2.49. The molecule has 5 nitrogen and oxygen atoms in total. The molecule has 2 aliphatic rings. The van der Waals surface area contributed by atoms with Gasteiger partial charge in [0.25, 0.3) is 5.91 Å². The van der Waals surface area contributed by atoms with Crippen molar-refractivity contribution in [2.75, 3.05) is 12.8 Å². The molecule has 2 heterocycles. The summed E-state index contributed by atoms with van der Waals surface area (Å²) >= 11 is 18.5. The van der Waals surface area contributed by atoms with E-state index in [0.717, 1.165) is 37.7 Å². The number of piperidine rings is 1. The maximum Gasteiger partial charge on any atom is 0.256 e. The molecular formula is C22H24Cl3N3O2. The standard InChI is InChI=1S/C22H24Cl3N3O2/c1-30-20-11-19(26)18(25)10-15(20)21(29)27-22-7-2-3-14(6-8-22)28(22)12-13-4-5-16(23)17(24)9-13/h4-5,9-11,14H,2-3,6-8,12,26H2,1H3,(H,27,29). The molecule has 30 heavy (non-hydrogen) atoms. The average Bonchev–Trinajstić information content (AvgIpc) is 2.90. The maximum absolute atomic E-state index is 13.3. The first-order valence-corrected chi connectivity index (χ1v) is 11.1. The van der Waals surface area contributed by atoms with Crippen molar-refractivity contribution in [2.45, 2.75) is 50.4 Å². The second-order valence-electron chi connectivity index (χ2n) is 8.02. The first-order chi connectivity index (χ1) is 14.3. The highest BCUT2D eigenvalue weighted by molar-refractivity contribution is 6.42. The summed E-state index contributed by atoms with van der Waals surface area (Å²) in [5.41, 5.74) is 7.29. The average molecular weight is 469 g/mol. The third-order valence-corrected chi connectivity index (χ3v) is 7.32. The van der Waals surface area contributed by atoms with Crippen LogP contribution in [-0.2, 0) is 6.54 Å². The van der Waals surface area contributed by atoms with Crippen LogP contribution in [0.5, 0.6) is 5.75 Å². The fourth-order valence-corrected chi connectivity index (χ4v) is 5.24. The Labute approximate surface area is 191 Å². The van der Waals surface area contributed by atoms with E-state index >= 15 is 0 Å². The number of amides is 1. The number of rotatable bonds is 5. The largest absolute Gasteiger partial charge is 0.496 e. The highest BCUT2D eigenvalue weighted by atomic mass is 35.5. The van der Waals surface area contributed by atoms with Crippen molar-refractivity contribution in [3.05, 3.63) is 56.5 Å². The van der Waals surface area contributed by atoms with E-state index in [9.17, 15) is 4.79 Å². The van der Waals surface area contributed by atoms with Crippen molar-refractivity contribution in [2.24, 2.45) is 0 Å². The molecule has 2 aromatic carbocycles. The molecule has 2 unspecified atom stereocenters. The molecule has 2 bridgehead atoms. The number of methoxy groups -OCH3 is 1. The summed E-state index contributed by atoms with van der Waals surface area (Å²) < 4.78 is 5.38. The van der Waals surface area contributed by atoms with Gasteiger partial charge in [0.1, 0.15) is 5.75 Å². The minimum absolute atomic E-state index is 0.213. The molecule has 1 amide bonds. The zero-order valence-corrected chi connectivity index (χ0v) is 18.9. The number of fused-ring (bicyclic) bond motifs is 2. The first kappa shape index (κ1) is 21.6. The number of ether oxygens (including phenoxy) is 1. The molecule has 2 saturated heterocycles. The normalized spacial score (nSPS) is 23.4. The van der Waals surface area contributed by atoms with Crippen LogP contribution in [0.15, 0.2) is 30.3 Å². The van der Waals surface area contributed by atoms with Crippen LogP contribution < -0.4 is 15.8 Å². The van der Waals surface area contributed by atoms with Crippen molar-refractivity contribution >= 4 is 46.4 Å². The summed E-state index contributed by atoms with van der Waals surface area (Å²) in [4.78, 5) is 15.7. The van der Waals surface area contributed by atoms with Gasteiger partial charge in [0.15, 0.2) is 0 Å². The zero-order valence-electron chi connectivity index (χ0n) is 16.7. The minimum atomic E-state index is -0.412. The molecule has 0 saturated carbocycles. The van der Waals surface area contributed by atoms with Gasteiger partial charge in [0.2, 0.25) is 0 Å². The van der Waals surface area contributed by atoms with Gasteiger partial charge < -0.3 is 15.8 Å². The van der Waals surface area contributed by atoms with E-state index in [4.69, 9.17) is 45.3 Å². The number of carbonyl (C=O) groups is 1. The van der Waals surface area contributed by atoms with Gasteiger partial charge in [0.05, 0.1) is 39.1 Å². The minimum Gasteiger partial charge on any atom is -0.496 e. The number of nitrogens with two attached hydrogens (primary N) is 1. The van der Waals surface area contributed by atoms with Crippen LogP contribution in [0, 0.1) is 0 Å². The predicted octanol–water partition coefficient (Wildman–Crippen LogP) is 5.51. The summed E-state index contributed by atoms with van der Waals surface area (Å²) in [7, 11) is 1.51. The van der Waals surface area contributed by atoms with Gasteiger partial charge in [-0.25, -0.2) is 0 Å². The molecule has 3 N–H and O–H groups in total. The second-order valence-corrected chi connectivity index (χ2v) is 9.24. The fraction of sp³-hybridized carbons (Fsp3) is 0.409. The van der Waals surface area contributed by atoms with E-state index in [2.05, 4.69) is 10.2 Å². The Balaban J connectivity index is 1.62. The van der Waals surface area contributed by atoms with Crippen LogP contribution in [0.25, 0.3) is 0 Å². The molecular weight excluding hydrogens is 445 g/mol. The van der Waals surface area contributed by atoms with Crippen molar-refractivity contribution < 1.29 is 9.53 Å². The molecule has 0 spiro atoms. The van der Waals surface area contributed by atoms with Gasteiger partial charge >= 0.3 is 0 Å². The van der Waals surface area contributed by atoms with Gasteiger partial charge in [-0.1, -0.05) is 40.9 Å². The number of benzene rings is 2. The fourth-order valence-electron chi connectivity index (χ4n) is 4.76. The number of nitrogens with zero attached hydrogens (tertiary/aromatic N) is 1. The number of nitrogen functional groups attached to an aromatic ring is 1. The SMILES string of the molecule is COc1cc(N)c(Cl)cc1C(=O)NC12CCCC(CC1)N2Cc1ccc(Cl)c(Cl)c1. The number of nitrogens with one attached hydrogen (secondary N) is 1. The molecule has 8 heteroatoms. The molecule has 2 aromatic rings. The first-order valence-electron chi connectivity index (χ1n) is 9.99. The monoisotopic (exact) mass is 467 g/mol. The van der Waals surface area contributed by atoms with Crippen LogP contribution in [-0.4, -0.2) is 29.6 Å². The molecule has 2 atom stereocenters. The van der Waals surface area contributed by atoms with Gasteiger partial charge in [-0.15, -0.1) is 0 Å². The van der Waals surface area contributed by atoms with Gasteiger partial charge in [-0.3, -0.25) is 9.69 Å². The molecule has 0 radical (unpaired) electrons. The highest BCUT2D eigenvalue weighted by Crippen LogP contribution is 2.44. The lowest BCUT2D eigenvalue weighted by molar-refractivity contribution is 0.0184. The quantitative estimate of drug-likeness (QED) is 0.568. The smallest absolute Gasteiger partial charge is 0.256 e. The van der Waals surface area contributed by atoms with Gasteiger partial charge in [0, 0.05) is 18.7 Å². The Kier molecular flexibility index (Phi) is 6.08. The van der Waals surface area contributed by atoms with Crippen LogP contribution in [0.4, 0.5) is 5.69 Å². The number of carbonyl (C=O) groups excluding carboxylic acids is 1. The predicted molar refractivity (Wildman–Crippen MR) is 121 cm³/mol. The topological polar surface area (TPSA) is 67.6 Å². The summed E-state index contributed by atoms with van der Waals surface area (Å²) in [6.45, 7) is 0.696. The number of halogens is 3. The van der Waals surface area contributed by atoms with Crippen molar-refractivity contribution in [3.8, 4) is 5.75 Å². The second kappa shape index (κ2) is 8.46. The van der Waals surface area contributed by atoms with Gasteiger partial charge in [-0.2, -0.15) is 0 Å². The van der Waals surface area contributed by atoms with Crippen LogP contribution in [0.3, 0.4) is 0 Å². The zero-order chi connectivity index (χ0) is 21.5. The molecule has 4 rings (SSSR count). The van der Waals surface area contributed by atoms with E-state index in [-0.39, 0.29) is 5.91 Å². The Morgan fingerprint density at radius 2 is 1.97 bits per heavy atom. The Hall–Kier alpha value is -1.66. The van der Waals surface area contributed by atoms with E-state index in [1.807, 2.05) is 18.2 Å². The molecule has 2 fully saturated rings. The summed E-state index contributed by atoms with van der Waals surface area (Å²) in [5.74, 6) is 0.197. The number of hydrogen-bond acceptors (Lipinski definition) is 4. The van der Waals surface area contributed by atoms with E-state index in [0.29, 0.717) is 44.7 Å². The lowest BCUT2D eigenvalue weighted by Gasteiger charge is -2.45. The van der Waals surface area contributed by atoms with Crippen LogP contribution in [0.1, 0.15) is 48.0 Å². The third-order valence-electron chi connectivity index (χ3n) is 6.26. The lowest BCUT2D eigenvalue weighted by atomic mass is 9.95. The lowest BCUT2D eigenvalue weighted by Crippen LogP contribution is -2.60.